The molecule has 1 N–H and O–H groups in total. The number of nitrogens with zero attached hydrogens (tertiary/aromatic N) is 3. The molecular weight excluding hydrogens is 300 g/mol. The van der Waals surface area contributed by atoms with Crippen LogP contribution in [0.3, 0.4) is 0 Å². The second-order valence-electron chi connectivity index (χ2n) is 6.59. The van der Waals surface area contributed by atoms with E-state index in [4.69, 9.17) is 0 Å². The summed E-state index contributed by atoms with van der Waals surface area (Å²) in [6, 6.07) is 10.3. The van der Waals surface area contributed by atoms with Crippen LogP contribution in [0.1, 0.15) is 34.0 Å². The molecule has 1 atom stereocenters. The SMILES string of the molecule is Cc1cccc(N2CC[C@@H](CNC(=O)c3cc(C)nc(C)n3)C2)c1. The molecule has 2 aromatic rings. The Morgan fingerprint density at radius 3 is 2.83 bits per heavy atom. The molecule has 5 nitrogen and oxygen atoms in total. The van der Waals surface area contributed by atoms with Crippen molar-refractivity contribution in [3.05, 3.63) is 53.1 Å². The maximum absolute atomic E-state index is 12.3. The Kier molecular flexibility index (Phi) is 4.79. The van der Waals surface area contributed by atoms with Crippen molar-refractivity contribution in [2.24, 2.45) is 5.92 Å². The monoisotopic (exact) mass is 324 g/mol. The van der Waals surface area contributed by atoms with E-state index in [1.807, 2.05) is 6.92 Å². The average molecular weight is 324 g/mol. The fraction of sp³-hybridized carbons (Fsp3) is 0.421. The molecule has 5 heteroatoms. The molecule has 0 bridgehead atoms. The number of benzene rings is 1. The van der Waals surface area contributed by atoms with E-state index in [1.165, 1.54) is 11.3 Å². The third kappa shape index (κ3) is 3.91. The minimum atomic E-state index is -0.113. The van der Waals surface area contributed by atoms with Gasteiger partial charge in [-0.05, 0) is 56.9 Å². The van der Waals surface area contributed by atoms with Crippen LogP contribution in [0.25, 0.3) is 0 Å². The van der Waals surface area contributed by atoms with Crippen LogP contribution in [0, 0.1) is 26.7 Å². The summed E-state index contributed by atoms with van der Waals surface area (Å²) in [4.78, 5) is 23.1. The fourth-order valence-corrected chi connectivity index (χ4v) is 3.22. The van der Waals surface area contributed by atoms with E-state index in [0.717, 1.165) is 25.2 Å². The number of rotatable bonds is 4. The van der Waals surface area contributed by atoms with Crippen molar-refractivity contribution in [2.75, 3.05) is 24.5 Å². The van der Waals surface area contributed by atoms with Crippen molar-refractivity contribution in [1.82, 2.24) is 15.3 Å². The lowest BCUT2D eigenvalue weighted by atomic mass is 10.1. The number of hydrogen-bond donors (Lipinski definition) is 1. The quantitative estimate of drug-likeness (QED) is 0.939. The van der Waals surface area contributed by atoms with E-state index in [2.05, 4.69) is 51.4 Å². The highest BCUT2D eigenvalue weighted by Crippen LogP contribution is 2.24. The van der Waals surface area contributed by atoms with Gasteiger partial charge in [-0.2, -0.15) is 0 Å². The Morgan fingerprint density at radius 2 is 2.08 bits per heavy atom. The van der Waals surface area contributed by atoms with Gasteiger partial charge in [0.05, 0.1) is 0 Å². The molecule has 0 aliphatic carbocycles. The van der Waals surface area contributed by atoms with E-state index >= 15 is 0 Å². The average Bonchev–Trinajstić information content (AvgIpc) is 3.00. The third-order valence-electron chi connectivity index (χ3n) is 4.40. The normalized spacial score (nSPS) is 17.1. The summed E-state index contributed by atoms with van der Waals surface area (Å²) < 4.78 is 0. The van der Waals surface area contributed by atoms with Gasteiger partial charge in [-0.15, -0.1) is 0 Å². The summed E-state index contributed by atoms with van der Waals surface area (Å²) in [5.41, 5.74) is 3.82. The highest BCUT2D eigenvalue weighted by molar-refractivity contribution is 5.92. The summed E-state index contributed by atoms with van der Waals surface area (Å²) in [7, 11) is 0. The van der Waals surface area contributed by atoms with Gasteiger partial charge in [0, 0.05) is 31.0 Å². The molecule has 0 radical (unpaired) electrons. The number of aryl methyl sites for hydroxylation is 3. The maximum atomic E-state index is 12.3. The molecule has 1 aliphatic rings. The number of carbonyl (C=O) groups excluding carboxylic acids is 1. The molecule has 3 rings (SSSR count). The lowest BCUT2D eigenvalue weighted by Gasteiger charge is -2.19. The van der Waals surface area contributed by atoms with Crippen LogP contribution in [-0.2, 0) is 0 Å². The summed E-state index contributed by atoms with van der Waals surface area (Å²) in [5, 5.41) is 3.02. The van der Waals surface area contributed by atoms with Crippen LogP contribution < -0.4 is 10.2 Å². The number of nitrogens with one attached hydrogen (secondary N) is 1. The minimum absolute atomic E-state index is 0.113. The first-order valence-electron chi connectivity index (χ1n) is 8.43. The van der Waals surface area contributed by atoms with Crippen LogP contribution in [0.4, 0.5) is 5.69 Å². The third-order valence-corrected chi connectivity index (χ3v) is 4.40. The first-order chi connectivity index (χ1) is 11.5. The van der Waals surface area contributed by atoms with Gasteiger partial charge in [-0.25, -0.2) is 9.97 Å². The molecule has 0 saturated carbocycles. The van der Waals surface area contributed by atoms with Gasteiger partial charge in [0.1, 0.15) is 11.5 Å². The highest BCUT2D eigenvalue weighted by Gasteiger charge is 2.23. The summed E-state index contributed by atoms with van der Waals surface area (Å²) in [6.45, 7) is 8.50. The van der Waals surface area contributed by atoms with E-state index in [1.54, 1.807) is 13.0 Å². The van der Waals surface area contributed by atoms with Crippen molar-refractivity contribution in [2.45, 2.75) is 27.2 Å². The first kappa shape index (κ1) is 16.4. The molecule has 0 spiro atoms. The Labute approximate surface area is 143 Å². The van der Waals surface area contributed by atoms with E-state index in [-0.39, 0.29) is 5.91 Å². The zero-order valence-corrected chi connectivity index (χ0v) is 14.5. The van der Waals surface area contributed by atoms with Gasteiger partial charge >= 0.3 is 0 Å². The summed E-state index contributed by atoms with van der Waals surface area (Å²) in [5.74, 6) is 0.989. The first-order valence-corrected chi connectivity index (χ1v) is 8.43. The maximum Gasteiger partial charge on any atom is 0.270 e. The summed E-state index contributed by atoms with van der Waals surface area (Å²) in [6.07, 6.45) is 1.09. The molecule has 1 saturated heterocycles. The zero-order chi connectivity index (χ0) is 17.1. The molecule has 1 amide bonds. The van der Waals surface area contributed by atoms with Crippen molar-refractivity contribution >= 4 is 11.6 Å². The smallest absolute Gasteiger partial charge is 0.270 e. The van der Waals surface area contributed by atoms with Crippen LogP contribution in [0.5, 0.6) is 0 Å². The van der Waals surface area contributed by atoms with Gasteiger partial charge in [-0.1, -0.05) is 12.1 Å². The largest absolute Gasteiger partial charge is 0.371 e. The van der Waals surface area contributed by atoms with Gasteiger partial charge in [0.2, 0.25) is 0 Å². The molecule has 1 aromatic carbocycles. The molecule has 1 fully saturated rings. The van der Waals surface area contributed by atoms with Crippen LogP contribution in [0.15, 0.2) is 30.3 Å². The van der Waals surface area contributed by atoms with Crippen molar-refractivity contribution < 1.29 is 4.79 Å². The van der Waals surface area contributed by atoms with E-state index < -0.39 is 0 Å². The fourth-order valence-electron chi connectivity index (χ4n) is 3.22. The standard InChI is InChI=1S/C19H24N4O/c1-13-5-4-6-17(9-13)23-8-7-16(12-23)11-20-19(24)18-10-14(2)21-15(3)22-18/h4-6,9-10,16H,7-8,11-12H2,1-3H3,(H,20,24)/t16-/m0/s1. The van der Waals surface area contributed by atoms with E-state index in [0.29, 0.717) is 24.0 Å². The number of carbonyl (C=O) groups is 1. The zero-order valence-electron chi connectivity index (χ0n) is 14.5. The van der Waals surface area contributed by atoms with Gasteiger partial charge in [0.25, 0.3) is 5.91 Å². The van der Waals surface area contributed by atoms with Crippen molar-refractivity contribution in [1.29, 1.82) is 0 Å². The molecule has 1 aromatic heterocycles. The topological polar surface area (TPSA) is 58.1 Å². The van der Waals surface area contributed by atoms with Crippen LogP contribution in [-0.4, -0.2) is 35.5 Å². The lowest BCUT2D eigenvalue weighted by Crippen LogP contribution is -2.31. The Hall–Kier alpha value is -2.43. The number of anilines is 1. The van der Waals surface area contributed by atoms with Crippen LogP contribution >= 0.6 is 0 Å². The lowest BCUT2D eigenvalue weighted by molar-refractivity contribution is 0.0942. The van der Waals surface area contributed by atoms with Gasteiger partial charge in [0.15, 0.2) is 0 Å². The predicted molar refractivity (Wildman–Crippen MR) is 95.3 cm³/mol. The van der Waals surface area contributed by atoms with Crippen molar-refractivity contribution in [3.8, 4) is 0 Å². The summed E-state index contributed by atoms with van der Waals surface area (Å²) >= 11 is 0. The minimum Gasteiger partial charge on any atom is -0.371 e. The molecule has 126 valence electrons. The second kappa shape index (κ2) is 6.99. The number of amides is 1. The predicted octanol–water partition coefficient (Wildman–Crippen LogP) is 2.66. The second-order valence-corrected chi connectivity index (χ2v) is 6.59. The molecule has 1 aliphatic heterocycles. The van der Waals surface area contributed by atoms with Gasteiger partial charge < -0.3 is 10.2 Å². The van der Waals surface area contributed by atoms with Crippen LogP contribution in [0.2, 0.25) is 0 Å². The van der Waals surface area contributed by atoms with Gasteiger partial charge in [-0.3, -0.25) is 4.79 Å². The van der Waals surface area contributed by atoms with Crippen molar-refractivity contribution in [3.63, 3.8) is 0 Å². The Balaban J connectivity index is 1.55. The number of hydrogen-bond acceptors (Lipinski definition) is 4. The molecule has 2 heterocycles. The number of aromatic nitrogens is 2. The molecule has 0 unspecified atom stereocenters. The Morgan fingerprint density at radius 1 is 1.25 bits per heavy atom. The highest BCUT2D eigenvalue weighted by atomic mass is 16.1. The van der Waals surface area contributed by atoms with E-state index in [9.17, 15) is 4.79 Å². The Bertz CT molecular complexity index is 724. The molecule has 24 heavy (non-hydrogen) atoms. The molecular formula is C19H24N4O.